The van der Waals surface area contributed by atoms with Crippen LogP contribution in [0.4, 0.5) is 0 Å². The van der Waals surface area contributed by atoms with Crippen LogP contribution in [0.2, 0.25) is 10.0 Å². The van der Waals surface area contributed by atoms with Crippen molar-refractivity contribution in [1.29, 1.82) is 0 Å². The molecule has 1 heterocycles. The van der Waals surface area contributed by atoms with Crippen molar-refractivity contribution >= 4 is 34.5 Å². The zero-order chi connectivity index (χ0) is 13.8. The molecule has 2 unspecified atom stereocenters. The highest BCUT2D eigenvalue weighted by molar-refractivity contribution is 7.07. The molecular formula is C15H17Cl2NS. The van der Waals surface area contributed by atoms with Crippen molar-refractivity contribution in [2.24, 2.45) is 0 Å². The lowest BCUT2D eigenvalue weighted by molar-refractivity contribution is 0.477. The molecule has 0 radical (unpaired) electrons. The molecular weight excluding hydrogens is 297 g/mol. The van der Waals surface area contributed by atoms with Gasteiger partial charge in [-0.05, 0) is 60.4 Å². The summed E-state index contributed by atoms with van der Waals surface area (Å²) in [5, 5.41) is 9.27. The molecule has 4 heteroatoms. The van der Waals surface area contributed by atoms with E-state index in [4.69, 9.17) is 23.2 Å². The van der Waals surface area contributed by atoms with Gasteiger partial charge in [0.25, 0.3) is 0 Å². The van der Waals surface area contributed by atoms with E-state index in [0.29, 0.717) is 11.1 Å². The molecule has 0 bridgehead atoms. The first-order chi connectivity index (χ1) is 9.06. The summed E-state index contributed by atoms with van der Waals surface area (Å²) in [7, 11) is 0. The molecule has 0 aliphatic rings. The van der Waals surface area contributed by atoms with Gasteiger partial charge < -0.3 is 5.32 Å². The first-order valence-corrected chi connectivity index (χ1v) is 7.98. The molecule has 0 spiro atoms. The Balaban J connectivity index is 1.98. The van der Waals surface area contributed by atoms with Gasteiger partial charge in [-0.15, -0.1) is 0 Å². The smallest absolute Gasteiger partial charge is 0.0468 e. The predicted molar refractivity (Wildman–Crippen MR) is 85.5 cm³/mol. The van der Waals surface area contributed by atoms with Gasteiger partial charge >= 0.3 is 0 Å². The maximum Gasteiger partial charge on any atom is 0.0468 e. The summed E-state index contributed by atoms with van der Waals surface area (Å²) in [6.07, 6.45) is 1.03. The zero-order valence-electron chi connectivity index (χ0n) is 11.0. The van der Waals surface area contributed by atoms with Crippen LogP contribution in [-0.4, -0.2) is 6.04 Å². The topological polar surface area (TPSA) is 12.0 Å². The molecule has 2 atom stereocenters. The fraction of sp³-hybridized carbons (Fsp3) is 0.333. The molecule has 0 amide bonds. The van der Waals surface area contributed by atoms with Crippen LogP contribution in [0.5, 0.6) is 0 Å². The Morgan fingerprint density at radius 3 is 2.63 bits per heavy atom. The van der Waals surface area contributed by atoms with Crippen molar-refractivity contribution in [2.45, 2.75) is 32.4 Å². The number of halogens is 2. The van der Waals surface area contributed by atoms with E-state index in [1.165, 1.54) is 5.56 Å². The fourth-order valence-corrected chi connectivity index (χ4v) is 3.44. The van der Waals surface area contributed by atoms with E-state index in [1.54, 1.807) is 17.4 Å². The Kier molecular flexibility index (Phi) is 5.28. The Morgan fingerprint density at radius 2 is 2.00 bits per heavy atom. The minimum atomic E-state index is 0.207. The van der Waals surface area contributed by atoms with Gasteiger partial charge in [-0.2, -0.15) is 11.3 Å². The molecule has 1 nitrogen and oxygen atoms in total. The van der Waals surface area contributed by atoms with E-state index >= 15 is 0 Å². The van der Waals surface area contributed by atoms with Crippen molar-refractivity contribution in [3.8, 4) is 0 Å². The predicted octanol–water partition coefficient (Wildman–Crippen LogP) is 5.34. The van der Waals surface area contributed by atoms with Crippen LogP contribution in [-0.2, 0) is 6.42 Å². The van der Waals surface area contributed by atoms with E-state index in [-0.39, 0.29) is 6.04 Å². The summed E-state index contributed by atoms with van der Waals surface area (Å²) < 4.78 is 0. The zero-order valence-corrected chi connectivity index (χ0v) is 13.3. The van der Waals surface area contributed by atoms with Crippen molar-refractivity contribution in [1.82, 2.24) is 5.32 Å². The molecule has 102 valence electrons. The third-order valence-electron chi connectivity index (χ3n) is 3.09. The van der Waals surface area contributed by atoms with Crippen LogP contribution in [0, 0.1) is 0 Å². The van der Waals surface area contributed by atoms with Gasteiger partial charge in [0.2, 0.25) is 0 Å². The van der Waals surface area contributed by atoms with Crippen LogP contribution in [0.15, 0.2) is 35.0 Å². The fourth-order valence-electron chi connectivity index (χ4n) is 2.19. The number of thiophene rings is 1. The lowest BCUT2D eigenvalue weighted by Crippen LogP contribution is -2.30. The minimum absolute atomic E-state index is 0.207. The van der Waals surface area contributed by atoms with E-state index < -0.39 is 0 Å². The molecule has 0 saturated heterocycles. The molecule has 0 aliphatic heterocycles. The van der Waals surface area contributed by atoms with Gasteiger partial charge in [0, 0.05) is 22.1 Å². The van der Waals surface area contributed by atoms with Gasteiger partial charge in [-0.3, -0.25) is 0 Å². The SMILES string of the molecule is CC(Cc1ccsc1)NC(C)c1ccc(Cl)cc1Cl. The minimum Gasteiger partial charge on any atom is -0.307 e. The molecule has 0 saturated carbocycles. The van der Waals surface area contributed by atoms with E-state index in [1.807, 2.05) is 12.1 Å². The Hall–Kier alpha value is -0.540. The summed E-state index contributed by atoms with van der Waals surface area (Å²) in [5.74, 6) is 0. The summed E-state index contributed by atoms with van der Waals surface area (Å²) in [5.41, 5.74) is 2.46. The first kappa shape index (κ1) is 14.9. The van der Waals surface area contributed by atoms with Crippen molar-refractivity contribution in [3.63, 3.8) is 0 Å². The molecule has 2 rings (SSSR count). The van der Waals surface area contributed by atoms with Gasteiger partial charge in [0.1, 0.15) is 0 Å². The highest BCUT2D eigenvalue weighted by Crippen LogP contribution is 2.26. The maximum absolute atomic E-state index is 6.23. The maximum atomic E-state index is 6.23. The summed E-state index contributed by atoms with van der Waals surface area (Å²) >= 11 is 13.9. The average molecular weight is 314 g/mol. The molecule has 19 heavy (non-hydrogen) atoms. The quantitative estimate of drug-likeness (QED) is 0.786. The Bertz CT molecular complexity index is 525. The van der Waals surface area contributed by atoms with Crippen molar-refractivity contribution in [2.75, 3.05) is 0 Å². The normalized spacial score (nSPS) is 14.3. The standard InChI is InChI=1S/C15H17Cl2NS/c1-10(7-12-5-6-19-9-12)18-11(2)14-4-3-13(16)8-15(14)17/h3-6,8-11,18H,7H2,1-2H3. The number of hydrogen-bond donors (Lipinski definition) is 1. The van der Waals surface area contributed by atoms with E-state index in [2.05, 4.69) is 36.0 Å². The molecule has 0 fully saturated rings. The van der Waals surface area contributed by atoms with E-state index in [0.717, 1.165) is 17.0 Å². The van der Waals surface area contributed by atoms with Crippen molar-refractivity contribution < 1.29 is 0 Å². The van der Waals surface area contributed by atoms with Crippen LogP contribution in [0.1, 0.15) is 31.0 Å². The van der Waals surface area contributed by atoms with Crippen LogP contribution in [0.3, 0.4) is 0 Å². The number of benzene rings is 1. The van der Waals surface area contributed by atoms with Gasteiger partial charge in [-0.1, -0.05) is 29.3 Å². The second kappa shape index (κ2) is 6.76. The Morgan fingerprint density at radius 1 is 1.21 bits per heavy atom. The lowest BCUT2D eigenvalue weighted by atomic mass is 10.1. The summed E-state index contributed by atoms with van der Waals surface area (Å²) in [6, 6.07) is 8.43. The third kappa shape index (κ3) is 4.22. The first-order valence-electron chi connectivity index (χ1n) is 6.28. The molecule has 0 aliphatic carbocycles. The van der Waals surface area contributed by atoms with Gasteiger partial charge in [-0.25, -0.2) is 0 Å². The highest BCUT2D eigenvalue weighted by Gasteiger charge is 2.13. The molecule has 1 aromatic carbocycles. The third-order valence-corrected chi connectivity index (χ3v) is 4.38. The van der Waals surface area contributed by atoms with Crippen molar-refractivity contribution in [3.05, 3.63) is 56.2 Å². The van der Waals surface area contributed by atoms with Crippen LogP contribution >= 0.6 is 34.5 Å². The number of hydrogen-bond acceptors (Lipinski definition) is 2. The monoisotopic (exact) mass is 313 g/mol. The molecule has 1 aromatic heterocycles. The van der Waals surface area contributed by atoms with Crippen LogP contribution < -0.4 is 5.32 Å². The average Bonchev–Trinajstić information content (AvgIpc) is 2.81. The van der Waals surface area contributed by atoms with Gasteiger partial charge in [0.05, 0.1) is 0 Å². The van der Waals surface area contributed by atoms with Crippen LogP contribution in [0.25, 0.3) is 0 Å². The second-order valence-electron chi connectivity index (χ2n) is 4.79. The largest absolute Gasteiger partial charge is 0.307 e. The Labute approximate surface area is 128 Å². The number of nitrogens with one attached hydrogen (secondary N) is 1. The number of rotatable bonds is 5. The van der Waals surface area contributed by atoms with Gasteiger partial charge in [0.15, 0.2) is 0 Å². The summed E-state index contributed by atoms with van der Waals surface area (Å²) in [4.78, 5) is 0. The highest BCUT2D eigenvalue weighted by atomic mass is 35.5. The molecule has 2 aromatic rings. The molecule has 1 N–H and O–H groups in total. The second-order valence-corrected chi connectivity index (χ2v) is 6.41. The summed E-state index contributed by atoms with van der Waals surface area (Å²) in [6.45, 7) is 4.32. The van der Waals surface area contributed by atoms with E-state index in [9.17, 15) is 0 Å². The lowest BCUT2D eigenvalue weighted by Gasteiger charge is -2.21.